The molecule has 0 aliphatic heterocycles. The first-order valence-corrected chi connectivity index (χ1v) is 8.00. The summed E-state index contributed by atoms with van der Waals surface area (Å²) in [4.78, 5) is 11.4. The van der Waals surface area contributed by atoms with Crippen molar-refractivity contribution >= 4 is 23.0 Å². The Kier molecular flexibility index (Phi) is 3.61. The molecule has 2 aromatic heterocycles. The number of hydrogen-bond acceptors (Lipinski definition) is 5. The van der Waals surface area contributed by atoms with Crippen molar-refractivity contribution in [2.45, 2.75) is 45.2 Å². The van der Waals surface area contributed by atoms with Crippen LogP contribution >= 0.6 is 11.3 Å². The molecule has 3 rings (SSSR count). The minimum atomic E-state index is 0.291. The fraction of sp³-hybridized carbons (Fsp3) is 0.467. The molecule has 2 heterocycles. The minimum absolute atomic E-state index is 0.291. The molecule has 5 heteroatoms. The number of nitrogens with zero attached hydrogens (tertiary/aromatic N) is 3. The Morgan fingerprint density at radius 1 is 1.40 bits per heavy atom. The van der Waals surface area contributed by atoms with Crippen molar-refractivity contribution < 1.29 is 0 Å². The topological polar surface area (TPSA) is 55.0 Å². The van der Waals surface area contributed by atoms with Gasteiger partial charge >= 0.3 is 0 Å². The van der Waals surface area contributed by atoms with Gasteiger partial charge in [-0.25, -0.2) is 9.97 Å². The van der Waals surface area contributed by atoms with E-state index < -0.39 is 0 Å². The van der Waals surface area contributed by atoms with Crippen molar-refractivity contribution in [2.75, 3.05) is 10.6 Å². The van der Waals surface area contributed by atoms with Gasteiger partial charge in [0.05, 0.1) is 0 Å². The molecule has 0 unspecified atom stereocenters. The summed E-state index contributed by atoms with van der Waals surface area (Å²) in [7, 11) is 0. The van der Waals surface area contributed by atoms with Crippen molar-refractivity contribution in [1.29, 1.82) is 0 Å². The van der Waals surface area contributed by atoms with Gasteiger partial charge in [-0.1, -0.05) is 13.8 Å². The molecule has 2 aromatic rings. The minimum Gasteiger partial charge on any atom is -0.384 e. The zero-order valence-corrected chi connectivity index (χ0v) is 12.7. The van der Waals surface area contributed by atoms with E-state index in [4.69, 9.17) is 10.7 Å². The van der Waals surface area contributed by atoms with E-state index >= 15 is 0 Å². The number of nitrogen functional groups attached to an aromatic ring is 1. The molecule has 2 N–H and O–H groups in total. The van der Waals surface area contributed by atoms with Crippen molar-refractivity contribution in [3.8, 4) is 0 Å². The van der Waals surface area contributed by atoms with Gasteiger partial charge in [0, 0.05) is 24.6 Å². The van der Waals surface area contributed by atoms with Gasteiger partial charge in [-0.3, -0.25) is 0 Å². The molecule has 1 fully saturated rings. The van der Waals surface area contributed by atoms with Gasteiger partial charge in [0.25, 0.3) is 0 Å². The maximum absolute atomic E-state index is 5.95. The van der Waals surface area contributed by atoms with Crippen LogP contribution in [0.5, 0.6) is 0 Å². The van der Waals surface area contributed by atoms with E-state index in [0.29, 0.717) is 17.8 Å². The molecule has 0 spiro atoms. The predicted molar refractivity (Wildman–Crippen MR) is 84.1 cm³/mol. The van der Waals surface area contributed by atoms with Crippen LogP contribution in [-0.4, -0.2) is 16.0 Å². The maximum Gasteiger partial charge on any atom is 0.135 e. The highest BCUT2D eigenvalue weighted by atomic mass is 32.1. The highest BCUT2D eigenvalue weighted by molar-refractivity contribution is 7.07. The molecule has 1 aliphatic rings. The van der Waals surface area contributed by atoms with Gasteiger partial charge in [0.2, 0.25) is 0 Å². The van der Waals surface area contributed by atoms with Crippen molar-refractivity contribution in [3.63, 3.8) is 0 Å². The third-order valence-electron chi connectivity index (χ3n) is 3.48. The first-order valence-electron chi connectivity index (χ1n) is 7.05. The van der Waals surface area contributed by atoms with Gasteiger partial charge < -0.3 is 10.6 Å². The molecule has 0 bridgehead atoms. The molecular weight excluding hydrogens is 268 g/mol. The second-order valence-corrected chi connectivity index (χ2v) is 6.43. The molecule has 1 aliphatic carbocycles. The lowest BCUT2D eigenvalue weighted by atomic mass is 10.2. The lowest BCUT2D eigenvalue weighted by Gasteiger charge is -2.24. The summed E-state index contributed by atoms with van der Waals surface area (Å²) in [6.07, 6.45) is 2.48. The highest BCUT2D eigenvalue weighted by Gasteiger charge is 2.30. The third kappa shape index (κ3) is 2.93. The predicted octanol–water partition coefficient (Wildman–Crippen LogP) is 3.41. The fourth-order valence-corrected chi connectivity index (χ4v) is 2.90. The van der Waals surface area contributed by atoms with Crippen LogP contribution in [0.25, 0.3) is 0 Å². The van der Waals surface area contributed by atoms with Crippen molar-refractivity contribution in [1.82, 2.24) is 9.97 Å². The van der Waals surface area contributed by atoms with Gasteiger partial charge in [-0.05, 0) is 35.2 Å². The lowest BCUT2D eigenvalue weighted by Crippen LogP contribution is -2.26. The average molecular weight is 288 g/mol. The molecule has 20 heavy (non-hydrogen) atoms. The number of aromatic nitrogens is 2. The van der Waals surface area contributed by atoms with Crippen LogP contribution in [-0.2, 0) is 6.54 Å². The molecule has 4 nitrogen and oxygen atoms in total. The number of rotatable bonds is 5. The van der Waals surface area contributed by atoms with E-state index in [9.17, 15) is 0 Å². The molecule has 1 saturated carbocycles. The molecule has 0 aromatic carbocycles. The Balaban J connectivity index is 1.91. The Labute approximate surface area is 123 Å². The van der Waals surface area contributed by atoms with Crippen LogP contribution in [0, 0.1) is 0 Å². The third-order valence-corrected chi connectivity index (χ3v) is 4.21. The summed E-state index contributed by atoms with van der Waals surface area (Å²) in [5.74, 6) is 2.65. The average Bonchev–Trinajstić information content (AvgIpc) is 3.12. The molecule has 0 atom stereocenters. The first-order chi connectivity index (χ1) is 9.63. The summed E-state index contributed by atoms with van der Waals surface area (Å²) in [6, 6.07) is 4.68. The van der Waals surface area contributed by atoms with Gasteiger partial charge in [0.15, 0.2) is 0 Å². The zero-order chi connectivity index (χ0) is 14.1. The van der Waals surface area contributed by atoms with Gasteiger partial charge in [-0.2, -0.15) is 11.3 Å². The van der Waals surface area contributed by atoms with E-state index in [2.05, 4.69) is 40.6 Å². The van der Waals surface area contributed by atoms with Crippen LogP contribution in [0.15, 0.2) is 22.9 Å². The van der Waals surface area contributed by atoms with Crippen molar-refractivity contribution in [3.05, 3.63) is 34.3 Å². The van der Waals surface area contributed by atoms with Crippen LogP contribution in [0.1, 0.15) is 44.0 Å². The summed E-state index contributed by atoms with van der Waals surface area (Å²) in [5, 5.41) is 4.32. The summed E-state index contributed by atoms with van der Waals surface area (Å²) >= 11 is 1.74. The maximum atomic E-state index is 5.95. The van der Waals surface area contributed by atoms with E-state index in [1.54, 1.807) is 11.3 Å². The second-order valence-electron chi connectivity index (χ2n) is 5.65. The monoisotopic (exact) mass is 288 g/mol. The van der Waals surface area contributed by atoms with Crippen molar-refractivity contribution in [2.24, 2.45) is 0 Å². The van der Waals surface area contributed by atoms with E-state index in [1.165, 1.54) is 18.4 Å². The Morgan fingerprint density at radius 3 is 2.80 bits per heavy atom. The summed E-state index contributed by atoms with van der Waals surface area (Å²) < 4.78 is 0. The molecular formula is C15H20N4S. The largest absolute Gasteiger partial charge is 0.384 e. The summed E-state index contributed by atoms with van der Waals surface area (Å²) in [5.41, 5.74) is 7.29. The number of hydrogen-bond donors (Lipinski definition) is 1. The Bertz CT molecular complexity index is 576. The van der Waals surface area contributed by atoms with Crippen LogP contribution in [0.4, 0.5) is 11.6 Å². The van der Waals surface area contributed by atoms with E-state index in [0.717, 1.165) is 18.2 Å². The number of anilines is 2. The van der Waals surface area contributed by atoms with Crippen LogP contribution in [0.3, 0.4) is 0 Å². The van der Waals surface area contributed by atoms with Gasteiger partial charge in [-0.15, -0.1) is 0 Å². The highest BCUT2D eigenvalue weighted by Crippen LogP contribution is 2.33. The summed E-state index contributed by atoms with van der Waals surface area (Å²) in [6.45, 7) is 5.10. The van der Waals surface area contributed by atoms with Gasteiger partial charge in [0.1, 0.15) is 17.5 Å². The molecule has 0 radical (unpaired) electrons. The van der Waals surface area contributed by atoms with Crippen LogP contribution < -0.4 is 10.6 Å². The molecule has 0 saturated heterocycles. The Morgan fingerprint density at radius 2 is 2.20 bits per heavy atom. The van der Waals surface area contributed by atoms with E-state index in [1.807, 2.05) is 6.07 Å². The number of thiophene rings is 1. The number of nitrogens with two attached hydrogens (primary N) is 1. The molecule has 106 valence electrons. The molecule has 0 amide bonds. The Hall–Kier alpha value is -1.62. The standard InChI is InChI=1S/C15H20N4S/c1-10(2)15-17-13(16)7-14(18-15)19(12-3-4-12)8-11-5-6-20-9-11/h5-7,9-10,12H,3-4,8H2,1-2H3,(H2,16,17,18). The second kappa shape index (κ2) is 5.40. The van der Waals surface area contributed by atoms with E-state index in [-0.39, 0.29) is 0 Å². The zero-order valence-electron chi connectivity index (χ0n) is 11.9. The quantitative estimate of drug-likeness (QED) is 0.916. The SMILES string of the molecule is CC(C)c1nc(N)cc(N(Cc2ccsc2)C2CC2)n1. The first kappa shape index (κ1) is 13.4. The fourth-order valence-electron chi connectivity index (χ4n) is 2.24. The van der Waals surface area contributed by atoms with Crippen LogP contribution in [0.2, 0.25) is 0 Å². The lowest BCUT2D eigenvalue weighted by molar-refractivity contribution is 0.737. The smallest absolute Gasteiger partial charge is 0.135 e. The normalized spacial score (nSPS) is 14.8.